The first-order valence-corrected chi connectivity index (χ1v) is 8.29. The molecule has 8 heteroatoms. The van der Waals surface area contributed by atoms with Crippen LogP contribution in [0.1, 0.15) is 30.9 Å². The Morgan fingerprint density at radius 3 is 2.95 bits per heavy atom. The molecule has 0 aliphatic carbocycles. The maximum atomic E-state index is 12.4. The molecule has 1 aromatic rings. The number of oxazole rings is 1. The van der Waals surface area contributed by atoms with Crippen molar-refractivity contribution in [2.75, 3.05) is 20.1 Å². The molecule has 2 N–H and O–H groups in total. The van der Waals surface area contributed by atoms with Crippen LogP contribution in [0.25, 0.3) is 0 Å². The van der Waals surface area contributed by atoms with Crippen molar-refractivity contribution < 1.29 is 12.8 Å². The zero-order valence-electron chi connectivity index (χ0n) is 11.9. The lowest BCUT2D eigenvalue weighted by molar-refractivity contribution is 0.245. The Bertz CT molecular complexity index is 527. The van der Waals surface area contributed by atoms with E-state index < -0.39 is 10.2 Å². The third-order valence-corrected chi connectivity index (χ3v) is 5.00. The van der Waals surface area contributed by atoms with Gasteiger partial charge in [0.25, 0.3) is 10.2 Å². The van der Waals surface area contributed by atoms with Crippen molar-refractivity contribution in [1.82, 2.24) is 19.3 Å². The van der Waals surface area contributed by atoms with Crippen LogP contribution in [0.4, 0.5) is 0 Å². The highest BCUT2D eigenvalue weighted by atomic mass is 32.2. The molecule has 0 radical (unpaired) electrons. The molecule has 1 aromatic heterocycles. The highest BCUT2D eigenvalue weighted by Crippen LogP contribution is 2.19. The van der Waals surface area contributed by atoms with Gasteiger partial charge in [-0.25, -0.2) is 4.98 Å². The second-order valence-electron chi connectivity index (χ2n) is 5.01. The van der Waals surface area contributed by atoms with Crippen LogP contribution >= 0.6 is 0 Å². The molecular weight excluding hydrogens is 280 g/mol. The third-order valence-electron chi connectivity index (χ3n) is 3.40. The van der Waals surface area contributed by atoms with Crippen LogP contribution in [-0.4, -0.2) is 43.9 Å². The van der Waals surface area contributed by atoms with E-state index in [0.717, 1.165) is 19.3 Å². The van der Waals surface area contributed by atoms with Gasteiger partial charge in [0.05, 0.1) is 12.7 Å². The van der Waals surface area contributed by atoms with Crippen LogP contribution in [-0.2, 0) is 16.8 Å². The predicted molar refractivity (Wildman–Crippen MR) is 75.3 cm³/mol. The van der Waals surface area contributed by atoms with Crippen molar-refractivity contribution in [3.05, 3.63) is 17.8 Å². The minimum atomic E-state index is -3.50. The summed E-state index contributed by atoms with van der Waals surface area (Å²) in [5.74, 6) is 1.05. The van der Waals surface area contributed by atoms with Gasteiger partial charge in [-0.05, 0) is 26.8 Å². The minimum Gasteiger partial charge on any atom is -0.445 e. The number of nitrogens with zero attached hydrogens (tertiary/aromatic N) is 2. The number of likely N-dealkylation sites (N-methyl/N-ethyl adjacent to an activating group) is 1. The molecule has 0 spiro atoms. The van der Waals surface area contributed by atoms with E-state index in [-0.39, 0.29) is 12.6 Å². The Kier molecular flexibility index (Phi) is 5.14. The summed E-state index contributed by atoms with van der Waals surface area (Å²) in [4.78, 5) is 3.99. The maximum absolute atomic E-state index is 12.4. The molecule has 1 aliphatic rings. The van der Waals surface area contributed by atoms with E-state index in [1.807, 2.05) is 7.05 Å². The van der Waals surface area contributed by atoms with Crippen molar-refractivity contribution in [2.24, 2.45) is 0 Å². The van der Waals surface area contributed by atoms with Crippen LogP contribution in [0.5, 0.6) is 0 Å². The Hall–Kier alpha value is -0.960. The molecule has 0 amide bonds. The molecule has 2 heterocycles. The highest BCUT2D eigenvalue weighted by Gasteiger charge is 2.31. The zero-order chi connectivity index (χ0) is 14.6. The summed E-state index contributed by atoms with van der Waals surface area (Å²) in [6.45, 7) is 3.09. The molecule has 1 saturated heterocycles. The summed E-state index contributed by atoms with van der Waals surface area (Å²) in [5.41, 5.74) is 0. The fourth-order valence-corrected chi connectivity index (χ4v) is 3.86. The number of rotatable bonds is 6. The number of nitrogens with one attached hydrogen (secondary N) is 2. The Morgan fingerprint density at radius 1 is 1.50 bits per heavy atom. The smallest absolute Gasteiger partial charge is 0.280 e. The molecule has 1 fully saturated rings. The van der Waals surface area contributed by atoms with Gasteiger partial charge in [0.2, 0.25) is 5.89 Å². The van der Waals surface area contributed by atoms with Gasteiger partial charge in [-0.2, -0.15) is 17.4 Å². The highest BCUT2D eigenvalue weighted by molar-refractivity contribution is 7.87. The van der Waals surface area contributed by atoms with E-state index in [9.17, 15) is 8.42 Å². The Labute approximate surface area is 119 Å². The molecule has 1 atom stereocenters. The average molecular weight is 302 g/mol. The van der Waals surface area contributed by atoms with Gasteiger partial charge in [-0.1, -0.05) is 6.42 Å². The van der Waals surface area contributed by atoms with Crippen LogP contribution in [0.2, 0.25) is 0 Å². The second-order valence-corrected chi connectivity index (χ2v) is 6.72. The van der Waals surface area contributed by atoms with Gasteiger partial charge >= 0.3 is 0 Å². The number of aryl methyl sites for hydroxylation is 1. The number of piperidine rings is 1. The van der Waals surface area contributed by atoms with Gasteiger partial charge in [-0.15, -0.1) is 0 Å². The van der Waals surface area contributed by atoms with Crippen LogP contribution in [0.3, 0.4) is 0 Å². The van der Waals surface area contributed by atoms with E-state index >= 15 is 0 Å². The fraction of sp³-hybridized carbons (Fsp3) is 0.750. The van der Waals surface area contributed by atoms with E-state index in [1.54, 1.807) is 17.4 Å². The zero-order valence-corrected chi connectivity index (χ0v) is 12.7. The molecule has 2 rings (SSSR count). The fourth-order valence-electron chi connectivity index (χ4n) is 2.45. The molecule has 7 nitrogen and oxygen atoms in total. The Balaban J connectivity index is 2.00. The summed E-state index contributed by atoms with van der Waals surface area (Å²) in [6, 6.07) is 0.0116. The van der Waals surface area contributed by atoms with Crippen molar-refractivity contribution in [3.8, 4) is 0 Å². The molecule has 114 valence electrons. The monoisotopic (exact) mass is 302 g/mol. The molecular formula is C12H22N4O3S. The summed E-state index contributed by atoms with van der Waals surface area (Å²) in [5, 5.41) is 3.05. The van der Waals surface area contributed by atoms with Gasteiger partial charge < -0.3 is 9.73 Å². The van der Waals surface area contributed by atoms with E-state index in [1.165, 1.54) is 0 Å². The first-order chi connectivity index (χ1) is 9.53. The van der Waals surface area contributed by atoms with E-state index in [2.05, 4.69) is 15.0 Å². The van der Waals surface area contributed by atoms with Crippen LogP contribution < -0.4 is 10.0 Å². The second kappa shape index (κ2) is 6.66. The average Bonchev–Trinajstić information content (AvgIpc) is 2.83. The van der Waals surface area contributed by atoms with Crippen molar-refractivity contribution in [3.63, 3.8) is 0 Å². The van der Waals surface area contributed by atoms with Gasteiger partial charge in [0, 0.05) is 19.1 Å². The van der Waals surface area contributed by atoms with Gasteiger partial charge in [0.1, 0.15) is 5.76 Å². The molecule has 0 bridgehead atoms. The first kappa shape index (κ1) is 15.4. The summed E-state index contributed by atoms with van der Waals surface area (Å²) in [6.07, 6.45) is 4.44. The standard InChI is InChI=1S/C12H22N4O3S/c1-10-7-14-12(19-10)9-15-20(17,18)16-6-4-3-5-11(16)8-13-2/h7,11,13,15H,3-6,8-9H2,1-2H3. The minimum absolute atomic E-state index is 0.0116. The molecule has 0 aromatic carbocycles. The van der Waals surface area contributed by atoms with Gasteiger partial charge in [-0.3, -0.25) is 0 Å². The summed E-state index contributed by atoms with van der Waals surface area (Å²) >= 11 is 0. The van der Waals surface area contributed by atoms with Crippen LogP contribution in [0, 0.1) is 6.92 Å². The van der Waals surface area contributed by atoms with Crippen molar-refractivity contribution in [1.29, 1.82) is 0 Å². The lowest BCUT2D eigenvalue weighted by atomic mass is 10.1. The topological polar surface area (TPSA) is 87.5 Å². The SMILES string of the molecule is CNCC1CCCCN1S(=O)(=O)NCc1ncc(C)o1. The molecule has 1 aliphatic heterocycles. The predicted octanol–water partition coefficient (Wildman–Crippen LogP) is 0.391. The van der Waals surface area contributed by atoms with Crippen molar-refractivity contribution in [2.45, 2.75) is 38.8 Å². The summed E-state index contributed by atoms with van der Waals surface area (Å²) < 4.78 is 34.1. The third kappa shape index (κ3) is 3.78. The number of aromatic nitrogens is 1. The van der Waals surface area contributed by atoms with Crippen molar-refractivity contribution >= 4 is 10.2 Å². The largest absolute Gasteiger partial charge is 0.445 e. The maximum Gasteiger partial charge on any atom is 0.280 e. The van der Waals surface area contributed by atoms with Crippen LogP contribution in [0.15, 0.2) is 10.6 Å². The molecule has 1 unspecified atom stereocenters. The lowest BCUT2D eigenvalue weighted by Crippen LogP contribution is -2.51. The number of hydrogen-bond acceptors (Lipinski definition) is 5. The Morgan fingerprint density at radius 2 is 2.30 bits per heavy atom. The lowest BCUT2D eigenvalue weighted by Gasteiger charge is -2.34. The quantitative estimate of drug-likeness (QED) is 0.794. The van der Waals surface area contributed by atoms with Gasteiger partial charge in [0.15, 0.2) is 0 Å². The molecule has 0 saturated carbocycles. The normalized spacial score (nSPS) is 21.2. The van der Waals surface area contributed by atoms with E-state index in [4.69, 9.17) is 4.42 Å². The summed E-state index contributed by atoms with van der Waals surface area (Å²) in [7, 11) is -1.66. The van der Waals surface area contributed by atoms with E-state index in [0.29, 0.717) is 24.7 Å². The number of hydrogen-bond donors (Lipinski definition) is 2. The molecule has 20 heavy (non-hydrogen) atoms. The first-order valence-electron chi connectivity index (χ1n) is 6.85.